The highest BCUT2D eigenvalue weighted by Crippen LogP contribution is 2.33. The normalized spacial score (nSPS) is 14.2. The zero-order valence-electron chi connectivity index (χ0n) is 9.79. The molecule has 0 aromatic heterocycles. The Hall–Kier alpha value is -1.53. The van der Waals surface area contributed by atoms with E-state index in [-0.39, 0.29) is 31.3 Å². The van der Waals surface area contributed by atoms with Gasteiger partial charge < -0.3 is 4.74 Å². The number of anilines is 1. The molecule has 1 aliphatic rings. The number of Topliss-reactive ketones (excluding diaryl/α,β-unsaturated/α-hetero) is 1. The quantitative estimate of drug-likeness (QED) is 0.471. The number of fused-ring (bicyclic) bond motifs is 1. The molecule has 0 atom stereocenters. The fourth-order valence-electron chi connectivity index (χ4n) is 1.88. The molecule has 0 saturated carbocycles. The molecular formula is C12H10ClF2NO3. The number of ketones is 1. The summed E-state index contributed by atoms with van der Waals surface area (Å²) in [6.07, 6.45) is 0. The Balaban J connectivity index is 2.26. The van der Waals surface area contributed by atoms with E-state index in [9.17, 15) is 18.4 Å². The van der Waals surface area contributed by atoms with Gasteiger partial charge in [0, 0.05) is 12.4 Å². The van der Waals surface area contributed by atoms with E-state index in [1.54, 1.807) is 0 Å². The Morgan fingerprint density at radius 3 is 2.53 bits per heavy atom. The third kappa shape index (κ3) is 2.46. The third-order valence-electron chi connectivity index (χ3n) is 2.69. The maximum Gasteiger partial charge on any atom is 0.299 e. The van der Waals surface area contributed by atoms with E-state index in [4.69, 9.17) is 16.3 Å². The van der Waals surface area contributed by atoms with Gasteiger partial charge in [-0.3, -0.25) is 14.5 Å². The molecule has 0 aliphatic carbocycles. The number of alkyl halides is 1. The molecule has 102 valence electrons. The topological polar surface area (TPSA) is 46.6 Å². The van der Waals surface area contributed by atoms with Crippen molar-refractivity contribution in [1.29, 1.82) is 0 Å². The molecule has 1 aromatic carbocycles. The summed E-state index contributed by atoms with van der Waals surface area (Å²) in [4.78, 5) is 24.2. The number of hydrogen-bond donors (Lipinski definition) is 0. The van der Waals surface area contributed by atoms with Crippen LogP contribution in [0, 0.1) is 11.6 Å². The smallest absolute Gasteiger partial charge is 0.299 e. The van der Waals surface area contributed by atoms with Crippen LogP contribution in [0.25, 0.3) is 0 Å². The van der Waals surface area contributed by atoms with Crippen LogP contribution in [0.2, 0.25) is 0 Å². The van der Waals surface area contributed by atoms with Crippen molar-refractivity contribution in [3.63, 3.8) is 0 Å². The van der Waals surface area contributed by atoms with E-state index in [1.807, 2.05) is 0 Å². The molecule has 0 spiro atoms. The summed E-state index contributed by atoms with van der Waals surface area (Å²) >= 11 is 5.41. The Kier molecular flexibility index (Phi) is 4.11. The molecule has 0 saturated heterocycles. The van der Waals surface area contributed by atoms with E-state index in [1.165, 1.54) is 0 Å². The van der Waals surface area contributed by atoms with Crippen LogP contribution in [-0.4, -0.2) is 37.3 Å². The molecule has 19 heavy (non-hydrogen) atoms. The van der Waals surface area contributed by atoms with Gasteiger partial charge in [-0.1, -0.05) is 0 Å². The molecule has 0 unspecified atom stereocenters. The summed E-state index contributed by atoms with van der Waals surface area (Å²) in [5.74, 6) is -3.42. The van der Waals surface area contributed by atoms with Gasteiger partial charge in [0.2, 0.25) is 0 Å². The van der Waals surface area contributed by atoms with Crippen molar-refractivity contribution in [2.24, 2.45) is 0 Å². The van der Waals surface area contributed by atoms with Gasteiger partial charge in [-0.05, 0) is 12.1 Å². The van der Waals surface area contributed by atoms with Crippen molar-refractivity contribution < 1.29 is 23.1 Å². The summed E-state index contributed by atoms with van der Waals surface area (Å²) in [5, 5.41) is 0. The number of ether oxygens (including phenoxy) is 1. The predicted molar refractivity (Wildman–Crippen MR) is 64.6 cm³/mol. The number of benzene rings is 1. The first-order chi connectivity index (χ1) is 9.07. The summed E-state index contributed by atoms with van der Waals surface area (Å²) < 4.78 is 32.2. The number of carbonyl (C=O) groups excluding carboxylic acids is 2. The van der Waals surface area contributed by atoms with E-state index in [0.717, 1.165) is 17.0 Å². The number of rotatable bonds is 5. The second-order valence-corrected chi connectivity index (χ2v) is 4.22. The SMILES string of the molecule is O=C1C(=O)N(CCOCCCl)c2c(F)ccc(F)c21. The van der Waals surface area contributed by atoms with Crippen LogP contribution in [0.1, 0.15) is 10.4 Å². The first-order valence-electron chi connectivity index (χ1n) is 5.55. The fraction of sp³-hybridized carbons (Fsp3) is 0.333. The lowest BCUT2D eigenvalue weighted by Gasteiger charge is -2.16. The van der Waals surface area contributed by atoms with Crippen molar-refractivity contribution in [3.05, 3.63) is 29.3 Å². The first-order valence-corrected chi connectivity index (χ1v) is 6.09. The van der Waals surface area contributed by atoms with Gasteiger partial charge in [-0.25, -0.2) is 8.78 Å². The number of nitrogens with zero attached hydrogens (tertiary/aromatic N) is 1. The highest BCUT2D eigenvalue weighted by molar-refractivity contribution is 6.52. The van der Waals surface area contributed by atoms with Gasteiger partial charge in [-0.15, -0.1) is 11.6 Å². The summed E-state index contributed by atoms with van der Waals surface area (Å²) in [5.41, 5.74) is -0.827. The van der Waals surface area contributed by atoms with Crippen molar-refractivity contribution in [2.45, 2.75) is 0 Å². The van der Waals surface area contributed by atoms with E-state index < -0.39 is 28.9 Å². The van der Waals surface area contributed by atoms with Crippen LogP contribution in [0.4, 0.5) is 14.5 Å². The van der Waals surface area contributed by atoms with Crippen LogP contribution in [0.15, 0.2) is 12.1 Å². The Bertz CT molecular complexity index is 536. The molecule has 1 amide bonds. The average Bonchev–Trinajstić information content (AvgIpc) is 2.65. The van der Waals surface area contributed by atoms with Crippen LogP contribution in [-0.2, 0) is 9.53 Å². The Morgan fingerprint density at radius 1 is 1.16 bits per heavy atom. The summed E-state index contributed by atoms with van der Waals surface area (Å²) in [6, 6.07) is 1.71. The Morgan fingerprint density at radius 2 is 1.84 bits per heavy atom. The lowest BCUT2D eigenvalue weighted by Crippen LogP contribution is -2.33. The predicted octanol–water partition coefficient (Wildman–Crippen LogP) is 1.75. The average molecular weight is 290 g/mol. The van der Waals surface area contributed by atoms with Gasteiger partial charge in [-0.2, -0.15) is 0 Å². The van der Waals surface area contributed by atoms with E-state index in [2.05, 4.69) is 0 Å². The number of amides is 1. The minimum Gasteiger partial charge on any atom is -0.378 e. The third-order valence-corrected chi connectivity index (χ3v) is 2.85. The van der Waals surface area contributed by atoms with E-state index >= 15 is 0 Å². The van der Waals surface area contributed by atoms with Gasteiger partial charge in [0.05, 0.1) is 24.5 Å². The van der Waals surface area contributed by atoms with Crippen molar-refractivity contribution in [1.82, 2.24) is 0 Å². The van der Waals surface area contributed by atoms with Crippen LogP contribution in [0.3, 0.4) is 0 Å². The lowest BCUT2D eigenvalue weighted by atomic mass is 10.1. The molecule has 0 fully saturated rings. The summed E-state index contributed by atoms with van der Waals surface area (Å²) in [7, 11) is 0. The molecule has 0 radical (unpaired) electrons. The minimum atomic E-state index is -1.04. The molecule has 1 heterocycles. The minimum absolute atomic E-state index is 0.0329. The number of hydrogen-bond acceptors (Lipinski definition) is 3. The standard InChI is InChI=1S/C12H10ClF2NO3/c13-3-5-19-6-4-16-10-8(15)2-1-7(14)9(10)11(17)12(16)18/h1-2H,3-6H2. The lowest BCUT2D eigenvalue weighted by molar-refractivity contribution is -0.114. The van der Waals surface area contributed by atoms with Crippen molar-refractivity contribution >= 4 is 29.0 Å². The molecule has 1 aromatic rings. The maximum atomic E-state index is 13.7. The maximum absolute atomic E-state index is 13.7. The van der Waals surface area contributed by atoms with Crippen molar-refractivity contribution in [3.8, 4) is 0 Å². The van der Waals surface area contributed by atoms with Gasteiger partial charge >= 0.3 is 0 Å². The molecule has 0 N–H and O–H groups in total. The van der Waals surface area contributed by atoms with Crippen LogP contribution in [0.5, 0.6) is 0 Å². The van der Waals surface area contributed by atoms with Crippen LogP contribution >= 0.6 is 11.6 Å². The van der Waals surface area contributed by atoms with Gasteiger partial charge in [0.15, 0.2) is 0 Å². The molecule has 2 rings (SSSR count). The monoisotopic (exact) mass is 289 g/mol. The summed E-state index contributed by atoms with van der Waals surface area (Å²) in [6.45, 7) is 0.325. The molecule has 0 bridgehead atoms. The fourth-order valence-corrected chi connectivity index (χ4v) is 1.99. The highest BCUT2D eigenvalue weighted by atomic mass is 35.5. The Labute approximate surface area is 112 Å². The molecule has 7 heteroatoms. The molecular weight excluding hydrogens is 280 g/mol. The molecule has 4 nitrogen and oxygen atoms in total. The first kappa shape index (κ1) is 13.9. The van der Waals surface area contributed by atoms with Gasteiger partial charge in [0.1, 0.15) is 11.6 Å². The van der Waals surface area contributed by atoms with Gasteiger partial charge in [0.25, 0.3) is 11.7 Å². The zero-order chi connectivity index (χ0) is 14.0. The number of carbonyl (C=O) groups is 2. The van der Waals surface area contributed by atoms with Crippen LogP contribution < -0.4 is 4.90 Å². The largest absolute Gasteiger partial charge is 0.378 e. The second-order valence-electron chi connectivity index (χ2n) is 3.84. The molecule has 1 aliphatic heterocycles. The van der Waals surface area contributed by atoms with E-state index in [0.29, 0.717) is 0 Å². The second kappa shape index (κ2) is 5.63. The highest BCUT2D eigenvalue weighted by Gasteiger charge is 2.40. The number of halogens is 3. The zero-order valence-corrected chi connectivity index (χ0v) is 10.5. The van der Waals surface area contributed by atoms with Crippen molar-refractivity contribution in [2.75, 3.05) is 30.5 Å².